The number of nitrogens with one attached hydrogen (secondary N) is 2. The fraction of sp³-hybridized carbons (Fsp3) is 0.257. The zero-order chi connectivity index (χ0) is 30.6. The Morgan fingerprint density at radius 2 is 1.58 bits per heavy atom. The molecule has 0 fully saturated rings. The molecule has 1 atom stereocenters. The molecule has 4 aromatic rings. The molecule has 4 rings (SSSR count). The van der Waals surface area contributed by atoms with Crippen LogP contribution < -0.4 is 15.5 Å². The number of ether oxygens (including phenoxy) is 1. The number of anilines is 2. The SMILES string of the molecule is CCCCCNC(=O)N(C)c1cccc(-c2ccc(CC(Nc3ccccc3C(=O)c3ccccc3)C(=O)OC)cc2)n1. The maximum atomic E-state index is 13.2. The first-order chi connectivity index (χ1) is 20.9. The van der Waals surface area contributed by atoms with Crippen molar-refractivity contribution in [3.63, 3.8) is 0 Å². The predicted octanol–water partition coefficient (Wildman–Crippen LogP) is 6.51. The van der Waals surface area contributed by atoms with Gasteiger partial charge in [0.15, 0.2) is 5.78 Å². The largest absolute Gasteiger partial charge is 0.467 e. The molecule has 2 amide bonds. The second-order valence-corrected chi connectivity index (χ2v) is 10.2. The minimum Gasteiger partial charge on any atom is -0.467 e. The van der Waals surface area contributed by atoms with Gasteiger partial charge in [-0.1, -0.05) is 92.6 Å². The van der Waals surface area contributed by atoms with Gasteiger partial charge in [0, 0.05) is 42.4 Å². The molecular formula is C35H38N4O4. The van der Waals surface area contributed by atoms with Crippen LogP contribution in [0.15, 0.2) is 97.1 Å². The summed E-state index contributed by atoms with van der Waals surface area (Å²) >= 11 is 0. The van der Waals surface area contributed by atoms with Crippen LogP contribution in [0, 0.1) is 0 Å². The van der Waals surface area contributed by atoms with Gasteiger partial charge < -0.3 is 15.4 Å². The number of hydrogen-bond acceptors (Lipinski definition) is 6. The first-order valence-corrected chi connectivity index (χ1v) is 14.5. The predicted molar refractivity (Wildman–Crippen MR) is 170 cm³/mol. The van der Waals surface area contributed by atoms with Crippen LogP contribution in [-0.2, 0) is 16.0 Å². The summed E-state index contributed by atoms with van der Waals surface area (Å²) in [5, 5.41) is 6.18. The van der Waals surface area contributed by atoms with Gasteiger partial charge in [0.25, 0.3) is 0 Å². The van der Waals surface area contributed by atoms with E-state index in [9.17, 15) is 14.4 Å². The number of para-hydroxylation sites is 1. The molecule has 1 unspecified atom stereocenters. The Hall–Kier alpha value is -4.98. The van der Waals surface area contributed by atoms with Gasteiger partial charge in [0.2, 0.25) is 0 Å². The summed E-state index contributed by atoms with van der Waals surface area (Å²) in [7, 11) is 3.05. The van der Waals surface area contributed by atoms with E-state index < -0.39 is 12.0 Å². The van der Waals surface area contributed by atoms with Crippen molar-refractivity contribution in [1.82, 2.24) is 10.3 Å². The van der Waals surface area contributed by atoms with Crippen LogP contribution in [0.5, 0.6) is 0 Å². The third kappa shape index (κ3) is 8.29. The van der Waals surface area contributed by atoms with E-state index in [1.807, 2.05) is 60.7 Å². The van der Waals surface area contributed by atoms with E-state index in [2.05, 4.69) is 17.6 Å². The lowest BCUT2D eigenvalue weighted by Gasteiger charge is -2.20. The summed E-state index contributed by atoms with van der Waals surface area (Å²) in [6.45, 7) is 2.76. The highest BCUT2D eigenvalue weighted by Gasteiger charge is 2.23. The van der Waals surface area contributed by atoms with Crippen LogP contribution in [0.1, 0.15) is 47.7 Å². The molecule has 43 heavy (non-hydrogen) atoms. The van der Waals surface area contributed by atoms with Gasteiger partial charge in [0.05, 0.1) is 12.8 Å². The summed E-state index contributed by atoms with van der Waals surface area (Å²) in [6, 6.07) is 28.6. The number of carbonyl (C=O) groups excluding carboxylic acids is 3. The van der Waals surface area contributed by atoms with Crippen molar-refractivity contribution in [1.29, 1.82) is 0 Å². The number of ketones is 1. The van der Waals surface area contributed by atoms with Crippen molar-refractivity contribution in [2.75, 3.05) is 30.9 Å². The number of hydrogen-bond donors (Lipinski definition) is 2. The molecule has 8 heteroatoms. The van der Waals surface area contributed by atoms with Gasteiger partial charge in [-0.2, -0.15) is 0 Å². The second kappa shape index (κ2) is 15.3. The van der Waals surface area contributed by atoms with Crippen molar-refractivity contribution >= 4 is 29.3 Å². The molecule has 0 aliphatic rings. The number of aromatic nitrogens is 1. The fourth-order valence-electron chi connectivity index (χ4n) is 4.69. The Balaban J connectivity index is 1.47. The summed E-state index contributed by atoms with van der Waals surface area (Å²) in [6.07, 6.45) is 3.46. The van der Waals surface area contributed by atoms with Crippen LogP contribution in [0.25, 0.3) is 11.3 Å². The van der Waals surface area contributed by atoms with E-state index in [4.69, 9.17) is 9.72 Å². The smallest absolute Gasteiger partial charge is 0.328 e. The van der Waals surface area contributed by atoms with Gasteiger partial charge >= 0.3 is 12.0 Å². The van der Waals surface area contributed by atoms with Gasteiger partial charge in [-0.05, 0) is 36.2 Å². The molecule has 222 valence electrons. The van der Waals surface area contributed by atoms with E-state index >= 15 is 0 Å². The van der Waals surface area contributed by atoms with Crippen molar-refractivity contribution in [3.05, 3.63) is 114 Å². The van der Waals surface area contributed by atoms with Crippen molar-refractivity contribution in [2.24, 2.45) is 0 Å². The summed E-state index contributed by atoms with van der Waals surface area (Å²) in [4.78, 5) is 44.8. The highest BCUT2D eigenvalue weighted by atomic mass is 16.5. The van der Waals surface area contributed by atoms with Crippen LogP contribution in [0.2, 0.25) is 0 Å². The summed E-state index contributed by atoms with van der Waals surface area (Å²) in [5.74, 6) is -0.0179. The maximum absolute atomic E-state index is 13.2. The van der Waals surface area contributed by atoms with E-state index in [-0.39, 0.29) is 11.8 Å². The highest BCUT2D eigenvalue weighted by Crippen LogP contribution is 2.24. The molecule has 1 aromatic heterocycles. The number of unbranched alkanes of at least 4 members (excludes halogenated alkanes) is 2. The lowest BCUT2D eigenvalue weighted by atomic mass is 9.99. The van der Waals surface area contributed by atoms with Gasteiger partial charge in [0.1, 0.15) is 11.9 Å². The van der Waals surface area contributed by atoms with Crippen LogP contribution >= 0.6 is 0 Å². The standard InChI is InChI=1S/C35H38N4O4/c1-4-5-11-23-36-35(42)39(2)32-18-12-17-29(38-32)26-21-19-25(20-22-26)24-31(34(41)43-3)37-30-16-10-9-15-28(30)33(40)27-13-7-6-8-14-27/h6-10,12-22,31,37H,4-5,11,23-24H2,1-3H3,(H,36,42). The number of urea groups is 1. The first-order valence-electron chi connectivity index (χ1n) is 14.5. The van der Waals surface area contributed by atoms with Crippen LogP contribution in [0.3, 0.4) is 0 Å². The zero-order valence-corrected chi connectivity index (χ0v) is 24.9. The zero-order valence-electron chi connectivity index (χ0n) is 24.9. The third-order valence-corrected chi connectivity index (χ3v) is 7.15. The first kappa shape index (κ1) is 31.0. The number of methoxy groups -OCH3 is 1. The van der Waals surface area contributed by atoms with Crippen molar-refractivity contribution in [3.8, 4) is 11.3 Å². The van der Waals surface area contributed by atoms with Crippen molar-refractivity contribution in [2.45, 2.75) is 38.6 Å². The molecule has 0 saturated carbocycles. The van der Waals surface area contributed by atoms with E-state index in [0.29, 0.717) is 35.6 Å². The van der Waals surface area contributed by atoms with E-state index in [1.165, 1.54) is 12.0 Å². The molecule has 8 nitrogen and oxygen atoms in total. The molecular weight excluding hydrogens is 540 g/mol. The Morgan fingerprint density at radius 3 is 2.30 bits per heavy atom. The molecule has 0 radical (unpaired) electrons. The molecule has 3 aromatic carbocycles. The molecule has 0 spiro atoms. The Labute approximate surface area is 253 Å². The lowest BCUT2D eigenvalue weighted by Crippen LogP contribution is -2.38. The molecule has 2 N–H and O–H groups in total. The Morgan fingerprint density at radius 1 is 0.860 bits per heavy atom. The average molecular weight is 579 g/mol. The van der Waals surface area contributed by atoms with E-state index in [0.717, 1.165) is 36.1 Å². The monoisotopic (exact) mass is 578 g/mol. The van der Waals surface area contributed by atoms with Crippen LogP contribution in [0.4, 0.5) is 16.3 Å². The maximum Gasteiger partial charge on any atom is 0.328 e. The lowest BCUT2D eigenvalue weighted by molar-refractivity contribution is -0.141. The molecule has 1 heterocycles. The molecule has 0 saturated heterocycles. The summed E-state index contributed by atoms with van der Waals surface area (Å²) < 4.78 is 5.09. The fourth-order valence-corrected chi connectivity index (χ4v) is 4.69. The third-order valence-electron chi connectivity index (χ3n) is 7.15. The summed E-state index contributed by atoms with van der Waals surface area (Å²) in [5.41, 5.74) is 4.11. The number of amides is 2. The van der Waals surface area contributed by atoms with Gasteiger partial charge in [-0.15, -0.1) is 0 Å². The van der Waals surface area contributed by atoms with E-state index in [1.54, 1.807) is 43.4 Å². The van der Waals surface area contributed by atoms with Gasteiger partial charge in [-0.3, -0.25) is 9.69 Å². The van der Waals surface area contributed by atoms with Crippen molar-refractivity contribution < 1.29 is 19.1 Å². The minimum atomic E-state index is -0.716. The number of carbonyl (C=O) groups is 3. The molecule has 0 aliphatic carbocycles. The highest BCUT2D eigenvalue weighted by molar-refractivity contribution is 6.12. The number of rotatable bonds is 13. The normalized spacial score (nSPS) is 11.3. The topological polar surface area (TPSA) is 101 Å². The quantitative estimate of drug-likeness (QED) is 0.107. The molecule has 0 bridgehead atoms. The average Bonchev–Trinajstić information content (AvgIpc) is 3.06. The van der Waals surface area contributed by atoms with Crippen LogP contribution in [-0.4, -0.2) is 49.5 Å². The second-order valence-electron chi connectivity index (χ2n) is 10.2. The Kier molecular flexibility index (Phi) is 11.0. The number of esters is 1. The number of nitrogens with zero attached hydrogens (tertiary/aromatic N) is 2. The Bertz CT molecular complexity index is 1520. The number of benzene rings is 3. The number of pyridine rings is 1. The van der Waals surface area contributed by atoms with Gasteiger partial charge in [-0.25, -0.2) is 14.6 Å². The minimum absolute atomic E-state index is 0.133. The molecule has 0 aliphatic heterocycles.